The van der Waals surface area contributed by atoms with Crippen LogP contribution in [0.2, 0.25) is 0 Å². The zero-order chi connectivity index (χ0) is 19.5. The number of hydrogen-bond acceptors (Lipinski definition) is 6. The van der Waals surface area contributed by atoms with Crippen molar-refractivity contribution in [3.05, 3.63) is 20.8 Å². The second-order valence-electron chi connectivity index (χ2n) is 7.47. The Morgan fingerprint density at radius 3 is 2.71 bits per heavy atom. The summed E-state index contributed by atoms with van der Waals surface area (Å²) in [4.78, 5) is 34.8. The Kier molecular flexibility index (Phi) is 6.38. The van der Waals surface area contributed by atoms with Gasteiger partial charge in [-0.25, -0.2) is 4.98 Å². The molecule has 0 unspecified atom stereocenters. The highest BCUT2D eigenvalue weighted by Gasteiger charge is 2.24. The van der Waals surface area contributed by atoms with Crippen LogP contribution in [0.4, 0.5) is 0 Å². The molecule has 0 spiro atoms. The predicted molar refractivity (Wildman–Crippen MR) is 114 cm³/mol. The van der Waals surface area contributed by atoms with E-state index in [9.17, 15) is 9.59 Å². The van der Waals surface area contributed by atoms with Gasteiger partial charge in [-0.3, -0.25) is 14.2 Å². The first-order chi connectivity index (χ1) is 13.7. The summed E-state index contributed by atoms with van der Waals surface area (Å²) in [5.74, 6) is 0.476. The number of thiophene rings is 1. The zero-order valence-electron chi connectivity index (χ0n) is 16.4. The van der Waals surface area contributed by atoms with Crippen molar-refractivity contribution < 1.29 is 9.53 Å². The van der Waals surface area contributed by atoms with Crippen molar-refractivity contribution in [2.24, 2.45) is 0 Å². The van der Waals surface area contributed by atoms with E-state index in [1.807, 2.05) is 4.90 Å². The van der Waals surface area contributed by atoms with Crippen molar-refractivity contribution in [2.45, 2.75) is 56.6 Å². The third-order valence-corrected chi connectivity index (χ3v) is 7.74. The van der Waals surface area contributed by atoms with E-state index in [1.165, 1.54) is 35.0 Å². The van der Waals surface area contributed by atoms with E-state index in [4.69, 9.17) is 9.72 Å². The van der Waals surface area contributed by atoms with Crippen molar-refractivity contribution in [3.63, 3.8) is 0 Å². The van der Waals surface area contributed by atoms with Crippen LogP contribution in [0.5, 0.6) is 0 Å². The first-order valence-electron chi connectivity index (χ1n) is 10.1. The average Bonchev–Trinajstić information content (AvgIpc) is 3.15. The molecule has 1 aliphatic carbocycles. The number of carbonyl (C=O) groups is 1. The van der Waals surface area contributed by atoms with Gasteiger partial charge in [-0.1, -0.05) is 24.6 Å². The monoisotopic (exact) mass is 421 g/mol. The molecule has 28 heavy (non-hydrogen) atoms. The Labute approximate surface area is 173 Å². The quantitative estimate of drug-likeness (QED) is 0.530. The van der Waals surface area contributed by atoms with E-state index in [-0.39, 0.29) is 11.5 Å². The summed E-state index contributed by atoms with van der Waals surface area (Å²) in [6.07, 6.45) is 7.71. The lowest BCUT2D eigenvalue weighted by Gasteiger charge is -2.20. The van der Waals surface area contributed by atoms with Gasteiger partial charge in [0.15, 0.2) is 5.16 Å². The summed E-state index contributed by atoms with van der Waals surface area (Å²) in [5.41, 5.74) is 1.21. The molecule has 4 rings (SSSR count). The summed E-state index contributed by atoms with van der Waals surface area (Å²) in [7, 11) is 1.63. The van der Waals surface area contributed by atoms with Crippen molar-refractivity contribution >= 4 is 39.2 Å². The third-order valence-electron chi connectivity index (χ3n) is 5.59. The Bertz CT molecular complexity index is 914. The van der Waals surface area contributed by atoms with E-state index in [2.05, 4.69) is 0 Å². The molecule has 2 aromatic rings. The fraction of sp³-hybridized carbons (Fsp3) is 0.650. The molecule has 1 aliphatic heterocycles. The third kappa shape index (κ3) is 4.00. The lowest BCUT2D eigenvalue weighted by atomic mass is 10.2. The molecule has 1 saturated heterocycles. The molecule has 2 aromatic heterocycles. The van der Waals surface area contributed by atoms with Gasteiger partial charge in [-0.05, 0) is 37.7 Å². The van der Waals surface area contributed by atoms with Gasteiger partial charge >= 0.3 is 0 Å². The van der Waals surface area contributed by atoms with E-state index in [0.717, 1.165) is 55.4 Å². The van der Waals surface area contributed by atoms with Gasteiger partial charge in [0.25, 0.3) is 5.56 Å². The van der Waals surface area contributed by atoms with Crippen LogP contribution in [0.15, 0.2) is 9.95 Å². The first-order valence-corrected chi connectivity index (χ1v) is 11.9. The number of aromatic nitrogens is 2. The smallest absolute Gasteiger partial charge is 0.263 e. The first kappa shape index (κ1) is 19.9. The molecular formula is C20H27N3O3S2. The summed E-state index contributed by atoms with van der Waals surface area (Å²) in [6.45, 7) is 2.61. The molecule has 0 aromatic carbocycles. The lowest BCUT2D eigenvalue weighted by Crippen LogP contribution is -2.33. The predicted octanol–water partition coefficient (Wildman–Crippen LogP) is 3.09. The number of carbonyl (C=O) groups excluding carboxylic acids is 1. The number of methoxy groups -OCH3 is 1. The minimum atomic E-state index is 0.0196. The highest BCUT2D eigenvalue weighted by molar-refractivity contribution is 7.99. The Balaban J connectivity index is 1.60. The molecule has 0 radical (unpaired) electrons. The molecule has 152 valence electrons. The molecule has 8 heteroatoms. The molecule has 0 N–H and O–H groups in total. The van der Waals surface area contributed by atoms with Gasteiger partial charge in [0.05, 0.1) is 24.3 Å². The van der Waals surface area contributed by atoms with Gasteiger partial charge < -0.3 is 9.64 Å². The SMILES string of the molecule is COCCn1c(SCC(=O)N2CCCCCC2)nc2sc3c(c2c1=O)CCC3. The highest BCUT2D eigenvalue weighted by atomic mass is 32.2. The van der Waals surface area contributed by atoms with Crippen LogP contribution in [0.1, 0.15) is 42.5 Å². The normalized spacial score (nSPS) is 17.1. The summed E-state index contributed by atoms with van der Waals surface area (Å²) >= 11 is 3.04. The van der Waals surface area contributed by atoms with E-state index in [0.29, 0.717) is 24.1 Å². The summed E-state index contributed by atoms with van der Waals surface area (Å²) in [5, 5.41) is 1.43. The van der Waals surface area contributed by atoms with Gasteiger partial charge in [0.1, 0.15) is 4.83 Å². The molecule has 2 aliphatic rings. The van der Waals surface area contributed by atoms with Gasteiger partial charge in [-0.2, -0.15) is 0 Å². The number of aryl methyl sites for hydroxylation is 2. The number of nitrogens with zero attached hydrogens (tertiary/aromatic N) is 3. The van der Waals surface area contributed by atoms with Crippen LogP contribution < -0.4 is 5.56 Å². The fourth-order valence-electron chi connectivity index (χ4n) is 4.09. The number of likely N-dealkylation sites (tertiary alicyclic amines) is 1. The van der Waals surface area contributed by atoms with Crippen molar-refractivity contribution in [1.82, 2.24) is 14.5 Å². The fourth-order valence-corrected chi connectivity index (χ4v) is 6.32. The van der Waals surface area contributed by atoms with Crippen LogP contribution >= 0.6 is 23.1 Å². The molecule has 3 heterocycles. The van der Waals surface area contributed by atoms with Crippen molar-refractivity contribution in [1.29, 1.82) is 0 Å². The van der Waals surface area contributed by atoms with Gasteiger partial charge in [-0.15, -0.1) is 11.3 Å². The molecule has 1 fully saturated rings. The highest BCUT2D eigenvalue weighted by Crippen LogP contribution is 2.35. The Hall–Kier alpha value is -1.38. The lowest BCUT2D eigenvalue weighted by molar-refractivity contribution is -0.128. The molecule has 0 atom stereocenters. The van der Waals surface area contributed by atoms with Crippen LogP contribution in [-0.4, -0.2) is 52.9 Å². The Morgan fingerprint density at radius 1 is 1.18 bits per heavy atom. The van der Waals surface area contributed by atoms with Crippen LogP contribution in [0, 0.1) is 0 Å². The van der Waals surface area contributed by atoms with Crippen LogP contribution in [-0.2, 0) is 28.9 Å². The van der Waals surface area contributed by atoms with Crippen molar-refractivity contribution in [2.75, 3.05) is 32.6 Å². The number of fused-ring (bicyclic) bond motifs is 3. The van der Waals surface area contributed by atoms with E-state index in [1.54, 1.807) is 23.0 Å². The second kappa shape index (κ2) is 8.97. The van der Waals surface area contributed by atoms with Gasteiger partial charge in [0.2, 0.25) is 5.91 Å². The second-order valence-corrected chi connectivity index (χ2v) is 9.49. The standard InChI is InChI=1S/C20H27N3O3S2/c1-26-12-11-23-19(25)17-14-7-6-8-15(14)28-18(17)21-20(23)27-13-16(24)22-9-4-2-3-5-10-22/h2-13H2,1H3. The maximum Gasteiger partial charge on any atom is 0.263 e. The largest absolute Gasteiger partial charge is 0.383 e. The van der Waals surface area contributed by atoms with Crippen molar-refractivity contribution in [3.8, 4) is 0 Å². The van der Waals surface area contributed by atoms with Gasteiger partial charge in [0, 0.05) is 25.1 Å². The average molecular weight is 422 g/mol. The topological polar surface area (TPSA) is 64.4 Å². The molecule has 0 saturated carbocycles. The maximum absolute atomic E-state index is 13.2. The number of rotatable bonds is 6. The number of thioether (sulfide) groups is 1. The minimum absolute atomic E-state index is 0.0196. The number of amides is 1. The number of ether oxygens (including phenoxy) is 1. The van der Waals surface area contributed by atoms with Crippen LogP contribution in [0.25, 0.3) is 10.2 Å². The Morgan fingerprint density at radius 2 is 1.96 bits per heavy atom. The summed E-state index contributed by atoms with van der Waals surface area (Å²) in [6, 6.07) is 0. The minimum Gasteiger partial charge on any atom is -0.383 e. The summed E-state index contributed by atoms with van der Waals surface area (Å²) < 4.78 is 6.91. The molecule has 0 bridgehead atoms. The zero-order valence-corrected chi connectivity index (χ0v) is 18.0. The number of hydrogen-bond donors (Lipinski definition) is 0. The molecule has 6 nitrogen and oxygen atoms in total. The van der Waals surface area contributed by atoms with E-state index < -0.39 is 0 Å². The molecular weight excluding hydrogens is 394 g/mol. The maximum atomic E-state index is 13.2. The van der Waals surface area contributed by atoms with Crippen LogP contribution in [0.3, 0.4) is 0 Å². The molecule has 1 amide bonds. The van der Waals surface area contributed by atoms with E-state index >= 15 is 0 Å².